The summed E-state index contributed by atoms with van der Waals surface area (Å²) in [4.78, 5) is 19.2. The lowest BCUT2D eigenvalue weighted by Gasteiger charge is -2.33. The van der Waals surface area contributed by atoms with Gasteiger partial charge < -0.3 is 15.0 Å². The Morgan fingerprint density at radius 1 is 1.03 bits per heavy atom. The SMILES string of the molecule is CC(C)(C)OC(=O)NCC1CCN(c2cccc(-c3cccc4ccccc34)n2)CC1. The van der Waals surface area contributed by atoms with E-state index in [4.69, 9.17) is 9.72 Å². The van der Waals surface area contributed by atoms with Crippen LogP contribution < -0.4 is 10.2 Å². The van der Waals surface area contributed by atoms with Crippen LogP contribution in [-0.2, 0) is 4.74 Å². The van der Waals surface area contributed by atoms with E-state index in [2.05, 4.69) is 70.9 Å². The number of amides is 1. The largest absolute Gasteiger partial charge is 0.444 e. The van der Waals surface area contributed by atoms with Crippen LogP contribution >= 0.6 is 0 Å². The maximum absolute atomic E-state index is 11.9. The van der Waals surface area contributed by atoms with Crippen LogP contribution in [0.25, 0.3) is 22.0 Å². The molecular weight excluding hydrogens is 386 g/mol. The van der Waals surface area contributed by atoms with Crippen molar-refractivity contribution in [1.29, 1.82) is 0 Å². The Morgan fingerprint density at radius 2 is 1.74 bits per heavy atom. The number of pyridine rings is 1. The molecule has 0 atom stereocenters. The summed E-state index contributed by atoms with van der Waals surface area (Å²) in [5, 5.41) is 5.37. The van der Waals surface area contributed by atoms with Gasteiger partial charge in [0.05, 0.1) is 5.69 Å². The second-order valence-corrected chi connectivity index (χ2v) is 9.22. The van der Waals surface area contributed by atoms with Crippen molar-refractivity contribution in [1.82, 2.24) is 10.3 Å². The van der Waals surface area contributed by atoms with Crippen molar-refractivity contribution in [2.45, 2.75) is 39.2 Å². The molecule has 1 N–H and O–H groups in total. The number of alkyl carbamates (subject to hydrolysis) is 1. The molecule has 1 aliphatic rings. The van der Waals surface area contributed by atoms with E-state index in [1.807, 2.05) is 20.8 Å². The number of nitrogens with zero attached hydrogens (tertiary/aromatic N) is 2. The molecule has 0 saturated carbocycles. The molecule has 31 heavy (non-hydrogen) atoms. The fraction of sp³-hybridized carbons (Fsp3) is 0.385. The molecule has 2 heterocycles. The van der Waals surface area contributed by atoms with E-state index in [-0.39, 0.29) is 6.09 Å². The molecule has 0 aliphatic carbocycles. The molecule has 0 unspecified atom stereocenters. The predicted octanol–water partition coefficient (Wildman–Crippen LogP) is 5.64. The molecule has 3 aromatic rings. The highest BCUT2D eigenvalue weighted by molar-refractivity contribution is 5.95. The predicted molar refractivity (Wildman–Crippen MR) is 126 cm³/mol. The first-order chi connectivity index (χ1) is 14.9. The lowest BCUT2D eigenvalue weighted by atomic mass is 9.97. The van der Waals surface area contributed by atoms with E-state index in [1.54, 1.807) is 0 Å². The highest BCUT2D eigenvalue weighted by Gasteiger charge is 2.22. The van der Waals surface area contributed by atoms with Crippen LogP contribution in [0.3, 0.4) is 0 Å². The number of carbonyl (C=O) groups excluding carboxylic acids is 1. The van der Waals surface area contributed by atoms with Gasteiger partial charge in [0.15, 0.2) is 0 Å². The Balaban J connectivity index is 1.39. The Bertz CT molecular complexity index is 1040. The van der Waals surface area contributed by atoms with Crippen LogP contribution in [0.5, 0.6) is 0 Å². The van der Waals surface area contributed by atoms with Gasteiger partial charge in [-0.05, 0) is 62.4 Å². The molecule has 1 saturated heterocycles. The Kier molecular flexibility index (Phi) is 6.12. The van der Waals surface area contributed by atoms with E-state index >= 15 is 0 Å². The Morgan fingerprint density at radius 3 is 2.52 bits per heavy atom. The van der Waals surface area contributed by atoms with Crippen LogP contribution in [0.1, 0.15) is 33.6 Å². The Labute approximate surface area is 184 Å². The van der Waals surface area contributed by atoms with E-state index in [1.165, 1.54) is 10.8 Å². The van der Waals surface area contributed by atoms with Crippen molar-refractivity contribution in [3.8, 4) is 11.3 Å². The van der Waals surface area contributed by atoms with Crippen molar-refractivity contribution in [3.05, 3.63) is 60.7 Å². The average molecular weight is 418 g/mol. The summed E-state index contributed by atoms with van der Waals surface area (Å²) >= 11 is 0. The standard InChI is InChI=1S/C26H31N3O2/c1-26(2,3)31-25(30)27-18-19-14-16-29(17-15-19)24-13-7-12-23(28-24)22-11-6-9-20-8-4-5-10-21(20)22/h4-13,19H,14-18H2,1-3H3,(H,27,30). The monoisotopic (exact) mass is 417 g/mol. The van der Waals surface area contributed by atoms with E-state index in [9.17, 15) is 4.79 Å². The smallest absolute Gasteiger partial charge is 0.407 e. The van der Waals surface area contributed by atoms with Crippen molar-refractivity contribution < 1.29 is 9.53 Å². The first kappa shape index (κ1) is 21.2. The van der Waals surface area contributed by atoms with Crippen LogP contribution in [-0.4, -0.2) is 36.3 Å². The summed E-state index contributed by atoms with van der Waals surface area (Å²) in [5.41, 5.74) is 1.70. The fourth-order valence-electron chi connectivity index (χ4n) is 4.11. The molecule has 0 spiro atoms. The van der Waals surface area contributed by atoms with Crippen molar-refractivity contribution in [2.24, 2.45) is 5.92 Å². The summed E-state index contributed by atoms with van der Waals surface area (Å²) in [6.07, 6.45) is 1.71. The van der Waals surface area contributed by atoms with Gasteiger partial charge in [-0.2, -0.15) is 0 Å². The van der Waals surface area contributed by atoms with Crippen LogP contribution in [0.4, 0.5) is 10.6 Å². The minimum absolute atomic E-state index is 0.334. The highest BCUT2D eigenvalue weighted by atomic mass is 16.6. The number of rotatable bonds is 4. The first-order valence-corrected chi connectivity index (χ1v) is 11.1. The third-order valence-corrected chi connectivity index (χ3v) is 5.67. The average Bonchev–Trinajstić information content (AvgIpc) is 2.77. The molecule has 1 aromatic heterocycles. The quantitative estimate of drug-likeness (QED) is 0.597. The normalized spacial score (nSPS) is 15.1. The zero-order valence-electron chi connectivity index (χ0n) is 18.6. The molecular formula is C26H31N3O2. The molecule has 162 valence electrons. The molecule has 5 nitrogen and oxygen atoms in total. The van der Waals surface area contributed by atoms with Crippen molar-refractivity contribution in [3.63, 3.8) is 0 Å². The van der Waals surface area contributed by atoms with Crippen LogP contribution in [0.2, 0.25) is 0 Å². The fourth-order valence-corrected chi connectivity index (χ4v) is 4.11. The zero-order chi connectivity index (χ0) is 21.8. The Hall–Kier alpha value is -3.08. The number of fused-ring (bicyclic) bond motifs is 1. The van der Waals surface area contributed by atoms with E-state index in [0.717, 1.165) is 43.0 Å². The number of ether oxygens (including phenoxy) is 1. The van der Waals surface area contributed by atoms with E-state index < -0.39 is 5.60 Å². The van der Waals surface area contributed by atoms with Gasteiger partial charge in [0.25, 0.3) is 0 Å². The number of piperidine rings is 1. The second-order valence-electron chi connectivity index (χ2n) is 9.22. The molecule has 4 rings (SSSR count). The minimum Gasteiger partial charge on any atom is -0.444 e. The van der Waals surface area contributed by atoms with Gasteiger partial charge in [-0.25, -0.2) is 9.78 Å². The van der Waals surface area contributed by atoms with E-state index in [0.29, 0.717) is 12.5 Å². The van der Waals surface area contributed by atoms with Gasteiger partial charge in [-0.3, -0.25) is 0 Å². The maximum Gasteiger partial charge on any atom is 0.407 e. The van der Waals surface area contributed by atoms with Gasteiger partial charge in [-0.15, -0.1) is 0 Å². The topological polar surface area (TPSA) is 54.5 Å². The summed E-state index contributed by atoms with van der Waals surface area (Å²) in [5.74, 6) is 1.48. The molecule has 5 heteroatoms. The summed E-state index contributed by atoms with van der Waals surface area (Å²) in [6, 6.07) is 21.1. The van der Waals surface area contributed by atoms with Gasteiger partial charge in [0.2, 0.25) is 0 Å². The number of anilines is 1. The van der Waals surface area contributed by atoms with Gasteiger partial charge >= 0.3 is 6.09 Å². The third kappa shape index (κ3) is 5.35. The highest BCUT2D eigenvalue weighted by Crippen LogP contribution is 2.29. The van der Waals surface area contributed by atoms with Gasteiger partial charge in [0, 0.05) is 25.2 Å². The van der Waals surface area contributed by atoms with Crippen LogP contribution in [0, 0.1) is 5.92 Å². The molecule has 0 bridgehead atoms. The number of hydrogen-bond acceptors (Lipinski definition) is 4. The van der Waals surface area contributed by atoms with Crippen molar-refractivity contribution >= 4 is 22.7 Å². The molecule has 1 amide bonds. The molecule has 2 aromatic carbocycles. The number of aromatic nitrogens is 1. The number of carbonyl (C=O) groups is 1. The van der Waals surface area contributed by atoms with Gasteiger partial charge in [-0.1, -0.05) is 48.5 Å². The maximum atomic E-state index is 11.9. The summed E-state index contributed by atoms with van der Waals surface area (Å²) in [6.45, 7) is 8.17. The summed E-state index contributed by atoms with van der Waals surface area (Å²) in [7, 11) is 0. The third-order valence-electron chi connectivity index (χ3n) is 5.67. The minimum atomic E-state index is -0.464. The number of hydrogen-bond donors (Lipinski definition) is 1. The van der Waals surface area contributed by atoms with Crippen molar-refractivity contribution in [2.75, 3.05) is 24.5 Å². The number of benzene rings is 2. The molecule has 1 aliphatic heterocycles. The molecule has 1 fully saturated rings. The second kappa shape index (κ2) is 8.96. The molecule has 0 radical (unpaired) electrons. The number of nitrogens with one attached hydrogen (secondary N) is 1. The lowest BCUT2D eigenvalue weighted by Crippen LogP contribution is -2.40. The zero-order valence-corrected chi connectivity index (χ0v) is 18.6. The lowest BCUT2D eigenvalue weighted by molar-refractivity contribution is 0.0517. The summed E-state index contributed by atoms with van der Waals surface area (Å²) < 4.78 is 5.33. The van der Waals surface area contributed by atoms with Crippen LogP contribution in [0.15, 0.2) is 60.7 Å². The first-order valence-electron chi connectivity index (χ1n) is 11.1. The van der Waals surface area contributed by atoms with Gasteiger partial charge in [0.1, 0.15) is 11.4 Å².